The smallest absolute Gasteiger partial charge is 0.234 e. The fourth-order valence-corrected chi connectivity index (χ4v) is 1.85. The molecule has 0 radical (unpaired) electrons. The molecule has 0 heterocycles. The molecule has 1 atom stereocenters. The summed E-state index contributed by atoms with van der Waals surface area (Å²) in [6.45, 7) is 7.48. The lowest BCUT2D eigenvalue weighted by molar-refractivity contribution is -0.120. The third-order valence-electron chi connectivity index (χ3n) is 1.84. The first-order valence-corrected chi connectivity index (χ1v) is 6.44. The molecule has 0 aliphatic carbocycles. The highest BCUT2D eigenvalue weighted by atomic mass is 32.2. The van der Waals surface area contributed by atoms with Crippen LogP contribution in [0, 0.1) is 0 Å². The molecule has 0 spiro atoms. The van der Waals surface area contributed by atoms with Crippen LogP contribution < -0.4 is 10.6 Å². The molecule has 1 amide bonds. The average Bonchev–Trinajstić information content (AvgIpc) is 2.15. The lowest BCUT2D eigenvalue weighted by Gasteiger charge is -2.13. The summed E-state index contributed by atoms with van der Waals surface area (Å²) in [6, 6.07) is 0.292. The van der Waals surface area contributed by atoms with Crippen LogP contribution >= 0.6 is 11.8 Å². The van der Waals surface area contributed by atoms with Crippen LogP contribution in [-0.2, 0) is 4.79 Å². The second kappa shape index (κ2) is 9.34. The van der Waals surface area contributed by atoms with E-state index < -0.39 is 0 Å². The molecule has 0 aromatic carbocycles. The summed E-state index contributed by atoms with van der Waals surface area (Å²) in [7, 11) is 0. The molecule has 2 N–H and O–H groups in total. The van der Waals surface area contributed by atoms with Crippen molar-refractivity contribution in [1.82, 2.24) is 10.6 Å². The van der Waals surface area contributed by atoms with Crippen LogP contribution in [0.2, 0.25) is 0 Å². The number of carbonyl (C=O) groups is 1. The highest BCUT2D eigenvalue weighted by molar-refractivity contribution is 7.99. The quantitative estimate of drug-likeness (QED) is 0.602. The highest BCUT2D eigenvalue weighted by Gasteiger charge is 2.05. The number of rotatable bonds is 8. The Bertz CT molecular complexity index is 153. The van der Waals surface area contributed by atoms with E-state index >= 15 is 0 Å². The van der Waals surface area contributed by atoms with Gasteiger partial charge in [0.25, 0.3) is 0 Å². The Morgan fingerprint density at radius 2 is 2.14 bits per heavy atom. The molecule has 0 fully saturated rings. The number of likely N-dealkylation sites (N-methyl/N-ethyl adjacent to an activating group) is 1. The summed E-state index contributed by atoms with van der Waals surface area (Å²) >= 11 is 1.91. The van der Waals surface area contributed by atoms with Crippen molar-refractivity contribution in [2.45, 2.75) is 33.2 Å². The standard InChI is InChI=1S/C10H22N2OS/c1-4-11-8-10(13)12-9(3)6-7-14-5-2/h9,11H,4-8H2,1-3H3,(H,12,13). The largest absolute Gasteiger partial charge is 0.353 e. The fourth-order valence-electron chi connectivity index (χ4n) is 1.04. The topological polar surface area (TPSA) is 41.1 Å². The third kappa shape index (κ3) is 8.38. The molecule has 14 heavy (non-hydrogen) atoms. The zero-order chi connectivity index (χ0) is 10.8. The van der Waals surface area contributed by atoms with Crippen molar-refractivity contribution < 1.29 is 4.79 Å². The minimum atomic E-state index is 0.0980. The maximum absolute atomic E-state index is 11.3. The Hall–Kier alpha value is -0.220. The molecule has 0 bridgehead atoms. The van der Waals surface area contributed by atoms with E-state index in [-0.39, 0.29) is 5.91 Å². The van der Waals surface area contributed by atoms with Gasteiger partial charge in [0.15, 0.2) is 0 Å². The van der Waals surface area contributed by atoms with E-state index in [1.54, 1.807) is 0 Å². The van der Waals surface area contributed by atoms with Crippen LogP contribution in [0.4, 0.5) is 0 Å². The number of hydrogen-bond acceptors (Lipinski definition) is 3. The van der Waals surface area contributed by atoms with Crippen LogP contribution in [0.15, 0.2) is 0 Å². The molecule has 0 aliphatic rings. The van der Waals surface area contributed by atoms with Crippen LogP contribution in [0.1, 0.15) is 27.2 Å². The van der Waals surface area contributed by atoms with Crippen molar-refractivity contribution >= 4 is 17.7 Å². The van der Waals surface area contributed by atoms with Crippen LogP contribution in [0.5, 0.6) is 0 Å². The fraction of sp³-hybridized carbons (Fsp3) is 0.900. The monoisotopic (exact) mass is 218 g/mol. The first kappa shape index (κ1) is 13.8. The summed E-state index contributed by atoms with van der Waals surface area (Å²) in [5.74, 6) is 2.37. The second-order valence-electron chi connectivity index (χ2n) is 3.23. The van der Waals surface area contributed by atoms with E-state index in [4.69, 9.17) is 0 Å². The van der Waals surface area contributed by atoms with Crippen LogP contribution in [0.25, 0.3) is 0 Å². The minimum Gasteiger partial charge on any atom is -0.353 e. The van der Waals surface area contributed by atoms with E-state index in [1.807, 2.05) is 18.7 Å². The molecule has 0 aromatic rings. The minimum absolute atomic E-state index is 0.0980. The van der Waals surface area contributed by atoms with Gasteiger partial charge < -0.3 is 10.6 Å². The molecule has 0 aliphatic heterocycles. The molecule has 3 nitrogen and oxygen atoms in total. The summed E-state index contributed by atoms with van der Waals surface area (Å²) in [5.41, 5.74) is 0. The number of hydrogen-bond donors (Lipinski definition) is 2. The van der Waals surface area contributed by atoms with E-state index in [2.05, 4.69) is 24.5 Å². The van der Waals surface area contributed by atoms with Gasteiger partial charge >= 0.3 is 0 Å². The molecule has 0 aromatic heterocycles. The molecule has 0 saturated heterocycles. The Morgan fingerprint density at radius 3 is 2.71 bits per heavy atom. The normalized spacial score (nSPS) is 12.5. The van der Waals surface area contributed by atoms with Crippen molar-refractivity contribution in [3.8, 4) is 0 Å². The van der Waals surface area contributed by atoms with Gasteiger partial charge in [0.1, 0.15) is 0 Å². The van der Waals surface area contributed by atoms with E-state index in [0.717, 1.165) is 24.5 Å². The molecular weight excluding hydrogens is 196 g/mol. The van der Waals surface area contributed by atoms with Gasteiger partial charge in [0.2, 0.25) is 5.91 Å². The summed E-state index contributed by atoms with van der Waals surface area (Å²) in [6.07, 6.45) is 1.05. The average molecular weight is 218 g/mol. The Morgan fingerprint density at radius 1 is 1.43 bits per heavy atom. The van der Waals surface area contributed by atoms with Gasteiger partial charge in [-0.1, -0.05) is 13.8 Å². The molecule has 0 saturated carbocycles. The van der Waals surface area contributed by atoms with Crippen molar-refractivity contribution in [3.63, 3.8) is 0 Å². The number of thioether (sulfide) groups is 1. The van der Waals surface area contributed by atoms with E-state index in [1.165, 1.54) is 0 Å². The summed E-state index contributed by atoms with van der Waals surface area (Å²) in [4.78, 5) is 11.3. The molecular formula is C10H22N2OS. The number of nitrogens with one attached hydrogen (secondary N) is 2. The molecule has 1 unspecified atom stereocenters. The number of carbonyl (C=O) groups excluding carboxylic acids is 1. The maximum Gasteiger partial charge on any atom is 0.234 e. The van der Waals surface area contributed by atoms with Crippen molar-refractivity contribution in [3.05, 3.63) is 0 Å². The molecule has 0 rings (SSSR count). The second-order valence-corrected chi connectivity index (χ2v) is 4.63. The van der Waals surface area contributed by atoms with E-state index in [9.17, 15) is 4.79 Å². The Balaban J connectivity index is 3.40. The lowest BCUT2D eigenvalue weighted by Crippen LogP contribution is -2.39. The lowest BCUT2D eigenvalue weighted by atomic mass is 10.2. The zero-order valence-corrected chi connectivity index (χ0v) is 10.2. The first-order chi connectivity index (χ1) is 6.70. The van der Waals surface area contributed by atoms with Gasteiger partial charge in [0.05, 0.1) is 6.54 Å². The summed E-state index contributed by atoms with van der Waals surface area (Å²) in [5, 5.41) is 5.96. The molecule has 84 valence electrons. The first-order valence-electron chi connectivity index (χ1n) is 5.28. The van der Waals surface area contributed by atoms with Gasteiger partial charge in [-0.05, 0) is 31.4 Å². The van der Waals surface area contributed by atoms with E-state index in [0.29, 0.717) is 12.6 Å². The van der Waals surface area contributed by atoms with Crippen LogP contribution in [0.3, 0.4) is 0 Å². The number of amides is 1. The summed E-state index contributed by atoms with van der Waals surface area (Å²) < 4.78 is 0. The predicted octanol–water partition coefficient (Wildman–Crippen LogP) is 1.24. The Labute approximate surface area is 91.4 Å². The van der Waals surface area contributed by atoms with Gasteiger partial charge in [-0.25, -0.2) is 0 Å². The van der Waals surface area contributed by atoms with Crippen molar-refractivity contribution in [1.29, 1.82) is 0 Å². The van der Waals surface area contributed by atoms with Gasteiger partial charge in [-0.3, -0.25) is 4.79 Å². The van der Waals surface area contributed by atoms with Crippen molar-refractivity contribution in [2.75, 3.05) is 24.6 Å². The van der Waals surface area contributed by atoms with Crippen LogP contribution in [-0.4, -0.2) is 36.5 Å². The van der Waals surface area contributed by atoms with Gasteiger partial charge in [-0.2, -0.15) is 11.8 Å². The molecule has 4 heteroatoms. The SMILES string of the molecule is CCNCC(=O)NC(C)CCSCC. The maximum atomic E-state index is 11.3. The zero-order valence-electron chi connectivity index (χ0n) is 9.43. The highest BCUT2D eigenvalue weighted by Crippen LogP contribution is 2.03. The predicted molar refractivity (Wildman–Crippen MR) is 63.8 cm³/mol. The van der Waals surface area contributed by atoms with Gasteiger partial charge in [0, 0.05) is 6.04 Å². The third-order valence-corrected chi connectivity index (χ3v) is 2.77. The van der Waals surface area contributed by atoms with Gasteiger partial charge in [-0.15, -0.1) is 0 Å². The Kier molecular flexibility index (Phi) is 9.19. The van der Waals surface area contributed by atoms with Crippen molar-refractivity contribution in [2.24, 2.45) is 0 Å².